The summed E-state index contributed by atoms with van der Waals surface area (Å²) in [5.74, 6) is -1.40. The van der Waals surface area contributed by atoms with E-state index in [-0.39, 0.29) is 18.5 Å². The first kappa shape index (κ1) is 22.4. The molecule has 4 rings (SSSR count). The van der Waals surface area contributed by atoms with Gasteiger partial charge in [0.05, 0.1) is 6.54 Å². The lowest BCUT2D eigenvalue weighted by Crippen LogP contribution is -2.58. The number of benzene rings is 2. The van der Waals surface area contributed by atoms with Gasteiger partial charge in [0, 0.05) is 29.7 Å². The molecule has 1 aromatic heterocycles. The molecule has 1 aliphatic rings. The number of aliphatic carboxylic acids is 1. The number of hydrogen-bond donors (Lipinski definition) is 2. The van der Waals surface area contributed by atoms with Crippen molar-refractivity contribution < 1.29 is 19.4 Å². The van der Waals surface area contributed by atoms with Crippen LogP contribution in [-0.4, -0.2) is 46.6 Å². The molecule has 0 saturated heterocycles. The summed E-state index contributed by atoms with van der Waals surface area (Å²) in [7, 11) is 1.68. The molecule has 8 heteroatoms. The van der Waals surface area contributed by atoms with Gasteiger partial charge in [0.2, 0.25) is 12.0 Å². The van der Waals surface area contributed by atoms with Gasteiger partial charge in [-0.05, 0) is 38.5 Å². The SMILES string of the molecule is Cc1cccc(C2(C(Oc3nc(C)cc(C)n3)C(=O)O)NCC(=O)N(C)c3ccccc32)c1. The molecule has 33 heavy (non-hydrogen) atoms. The maximum Gasteiger partial charge on any atom is 0.347 e. The zero-order chi connectivity index (χ0) is 23.8. The Bertz CT molecular complexity index is 1210. The van der Waals surface area contributed by atoms with Gasteiger partial charge in [-0.15, -0.1) is 0 Å². The highest BCUT2D eigenvalue weighted by molar-refractivity contribution is 5.97. The van der Waals surface area contributed by atoms with E-state index < -0.39 is 17.6 Å². The van der Waals surface area contributed by atoms with Crippen molar-refractivity contribution in [2.24, 2.45) is 0 Å². The molecule has 1 amide bonds. The summed E-state index contributed by atoms with van der Waals surface area (Å²) in [6.45, 7) is 5.43. The number of ether oxygens (including phenoxy) is 1. The van der Waals surface area contributed by atoms with Crippen molar-refractivity contribution in [3.8, 4) is 6.01 Å². The standard InChI is InChI=1S/C25H26N4O4/c1-15-8-7-9-18(12-15)25(19-10-5-6-11-20(19)29(4)21(30)14-26-25)22(23(31)32)33-24-27-16(2)13-17(3)28-24/h5-13,22,26H,14H2,1-4H3,(H,31,32). The fourth-order valence-electron chi connectivity index (χ4n) is 4.37. The van der Waals surface area contributed by atoms with Gasteiger partial charge in [-0.1, -0.05) is 48.0 Å². The van der Waals surface area contributed by atoms with Crippen molar-refractivity contribution in [2.75, 3.05) is 18.5 Å². The molecule has 2 N–H and O–H groups in total. The first-order valence-corrected chi connectivity index (χ1v) is 10.6. The number of carboxylic acids is 1. The van der Waals surface area contributed by atoms with Crippen LogP contribution < -0.4 is 15.0 Å². The van der Waals surface area contributed by atoms with Gasteiger partial charge in [-0.25, -0.2) is 14.8 Å². The van der Waals surface area contributed by atoms with E-state index in [1.807, 2.05) is 49.4 Å². The van der Waals surface area contributed by atoms with E-state index in [0.29, 0.717) is 28.2 Å². The van der Waals surface area contributed by atoms with Gasteiger partial charge in [0.15, 0.2) is 0 Å². The first-order valence-electron chi connectivity index (χ1n) is 10.6. The first-order chi connectivity index (χ1) is 15.7. The summed E-state index contributed by atoms with van der Waals surface area (Å²) < 4.78 is 6.04. The highest BCUT2D eigenvalue weighted by Gasteiger charge is 2.51. The van der Waals surface area contributed by atoms with Gasteiger partial charge < -0.3 is 14.7 Å². The van der Waals surface area contributed by atoms with Gasteiger partial charge in [0.25, 0.3) is 0 Å². The number of para-hydroxylation sites is 1. The number of fused-ring (bicyclic) bond motifs is 1. The average Bonchev–Trinajstić information content (AvgIpc) is 2.87. The van der Waals surface area contributed by atoms with Crippen LogP contribution in [-0.2, 0) is 15.1 Å². The van der Waals surface area contributed by atoms with Gasteiger partial charge in [-0.2, -0.15) is 0 Å². The Hall–Kier alpha value is -3.78. The zero-order valence-corrected chi connectivity index (χ0v) is 19.0. The maximum absolute atomic E-state index is 12.9. The molecule has 3 aromatic rings. The van der Waals surface area contributed by atoms with E-state index in [1.165, 1.54) is 4.90 Å². The Balaban J connectivity index is 2.01. The van der Waals surface area contributed by atoms with Crippen molar-refractivity contribution in [3.63, 3.8) is 0 Å². The molecule has 0 fully saturated rings. The molecule has 8 nitrogen and oxygen atoms in total. The molecular weight excluding hydrogens is 420 g/mol. The minimum absolute atomic E-state index is 0.0323. The van der Waals surface area contributed by atoms with Crippen LogP contribution in [0.1, 0.15) is 28.1 Å². The number of hydrogen-bond acceptors (Lipinski definition) is 6. The normalized spacial score (nSPS) is 18.9. The zero-order valence-electron chi connectivity index (χ0n) is 19.0. The fraction of sp³-hybridized carbons (Fsp3) is 0.280. The van der Waals surface area contributed by atoms with Crippen molar-refractivity contribution >= 4 is 17.6 Å². The minimum atomic E-state index is -1.47. The number of anilines is 1. The predicted octanol–water partition coefficient (Wildman–Crippen LogP) is 2.74. The van der Waals surface area contributed by atoms with Crippen molar-refractivity contribution in [3.05, 3.63) is 82.7 Å². The smallest absolute Gasteiger partial charge is 0.347 e. The number of carbonyl (C=O) groups excluding carboxylic acids is 1. The second kappa shape index (κ2) is 8.63. The van der Waals surface area contributed by atoms with Gasteiger partial charge in [-0.3, -0.25) is 10.1 Å². The molecule has 0 saturated carbocycles. The second-order valence-corrected chi connectivity index (χ2v) is 8.27. The molecule has 2 aromatic carbocycles. The lowest BCUT2D eigenvalue weighted by molar-refractivity contribution is -0.149. The Morgan fingerprint density at radius 3 is 2.45 bits per heavy atom. The quantitative estimate of drug-likeness (QED) is 0.621. The number of carboxylic acid groups (broad SMARTS) is 1. The molecule has 170 valence electrons. The number of aryl methyl sites for hydroxylation is 3. The number of amides is 1. The number of nitrogens with zero attached hydrogens (tertiary/aromatic N) is 3. The number of aromatic nitrogens is 2. The van der Waals surface area contributed by atoms with E-state index in [4.69, 9.17) is 4.74 Å². The predicted molar refractivity (Wildman–Crippen MR) is 123 cm³/mol. The molecule has 2 heterocycles. The molecule has 2 unspecified atom stereocenters. The lowest BCUT2D eigenvalue weighted by Gasteiger charge is -2.39. The fourth-order valence-corrected chi connectivity index (χ4v) is 4.37. The van der Waals surface area contributed by atoms with Crippen LogP contribution in [0.4, 0.5) is 5.69 Å². The van der Waals surface area contributed by atoms with Crippen molar-refractivity contribution in [1.29, 1.82) is 0 Å². The topological polar surface area (TPSA) is 105 Å². The van der Waals surface area contributed by atoms with Crippen molar-refractivity contribution in [2.45, 2.75) is 32.4 Å². The number of nitrogens with one attached hydrogen (secondary N) is 1. The van der Waals surface area contributed by atoms with Crippen LogP contribution >= 0.6 is 0 Å². The minimum Gasteiger partial charge on any atom is -0.478 e. The third-order valence-corrected chi connectivity index (χ3v) is 5.86. The Morgan fingerprint density at radius 1 is 1.09 bits per heavy atom. The number of rotatable bonds is 5. The Kier molecular flexibility index (Phi) is 5.86. The Labute approximate surface area is 192 Å². The third-order valence-electron chi connectivity index (χ3n) is 5.86. The highest BCUT2D eigenvalue weighted by Crippen LogP contribution is 2.41. The van der Waals surface area contributed by atoms with E-state index in [1.54, 1.807) is 33.0 Å². The molecule has 0 bridgehead atoms. The molecule has 2 atom stereocenters. The molecule has 0 spiro atoms. The van der Waals surface area contributed by atoms with Crippen LogP contribution in [0.5, 0.6) is 6.01 Å². The largest absolute Gasteiger partial charge is 0.478 e. The summed E-state index contributed by atoms with van der Waals surface area (Å²) in [5.41, 5.74) is 2.75. The summed E-state index contributed by atoms with van der Waals surface area (Å²) in [5, 5.41) is 13.7. The Morgan fingerprint density at radius 2 is 1.79 bits per heavy atom. The van der Waals surface area contributed by atoms with E-state index >= 15 is 0 Å². The van der Waals surface area contributed by atoms with Crippen LogP contribution in [0, 0.1) is 20.8 Å². The van der Waals surface area contributed by atoms with Gasteiger partial charge in [0.1, 0.15) is 5.54 Å². The maximum atomic E-state index is 12.9. The molecular formula is C25H26N4O4. The number of likely N-dealkylation sites (N-methyl/N-ethyl adjacent to an activating group) is 1. The van der Waals surface area contributed by atoms with Crippen molar-refractivity contribution in [1.82, 2.24) is 15.3 Å². The summed E-state index contributed by atoms with van der Waals surface area (Å²) in [6, 6.07) is 16.6. The van der Waals surface area contributed by atoms with Crippen LogP contribution in [0.3, 0.4) is 0 Å². The van der Waals surface area contributed by atoms with Crippen LogP contribution in [0.2, 0.25) is 0 Å². The highest BCUT2D eigenvalue weighted by atomic mass is 16.5. The van der Waals surface area contributed by atoms with Crippen LogP contribution in [0.15, 0.2) is 54.6 Å². The van der Waals surface area contributed by atoms with Crippen LogP contribution in [0.25, 0.3) is 0 Å². The third kappa shape index (κ3) is 4.05. The van der Waals surface area contributed by atoms with Gasteiger partial charge >= 0.3 is 12.0 Å². The monoisotopic (exact) mass is 446 g/mol. The summed E-state index contributed by atoms with van der Waals surface area (Å²) in [4.78, 5) is 35.8. The molecule has 1 aliphatic heterocycles. The number of carbonyl (C=O) groups is 2. The average molecular weight is 447 g/mol. The van der Waals surface area contributed by atoms with E-state index in [0.717, 1.165) is 5.56 Å². The lowest BCUT2D eigenvalue weighted by atomic mass is 9.76. The summed E-state index contributed by atoms with van der Waals surface area (Å²) in [6.07, 6.45) is -1.47. The second-order valence-electron chi connectivity index (χ2n) is 8.27. The molecule has 0 aliphatic carbocycles. The summed E-state index contributed by atoms with van der Waals surface area (Å²) >= 11 is 0. The van der Waals surface area contributed by atoms with E-state index in [9.17, 15) is 14.7 Å². The molecule has 0 radical (unpaired) electrons. The van der Waals surface area contributed by atoms with E-state index in [2.05, 4.69) is 15.3 Å².